The Morgan fingerprint density at radius 2 is 2.29 bits per heavy atom. The molecule has 0 radical (unpaired) electrons. The van der Waals surface area contributed by atoms with Crippen molar-refractivity contribution in [3.63, 3.8) is 0 Å². The molecule has 0 spiro atoms. The number of H-pyrrole nitrogens is 1. The molecule has 0 unspecified atom stereocenters. The third kappa shape index (κ3) is 1.89. The Morgan fingerprint density at radius 3 is 3.00 bits per heavy atom. The molecule has 3 rings (SSSR count). The molecular weight excluding hydrogens is 218 g/mol. The predicted molar refractivity (Wildman–Crippen MR) is 65.3 cm³/mol. The van der Waals surface area contributed by atoms with Crippen LogP contribution in [-0.4, -0.2) is 26.7 Å². The number of nitrogen functional groups attached to an aromatic ring is 1. The molecule has 0 aromatic carbocycles. The number of nitrogens with one attached hydrogen (secondary N) is 3. The molecule has 2 aromatic rings. The zero-order valence-electron chi connectivity index (χ0n) is 9.62. The molecule has 0 saturated heterocycles. The van der Waals surface area contributed by atoms with Crippen LogP contribution in [0.15, 0.2) is 6.20 Å². The Morgan fingerprint density at radius 1 is 1.47 bits per heavy atom. The molecule has 17 heavy (non-hydrogen) atoms. The maximum atomic E-state index is 5.34. The van der Waals surface area contributed by atoms with Crippen molar-refractivity contribution in [1.82, 2.24) is 20.2 Å². The molecule has 90 valence electrons. The van der Waals surface area contributed by atoms with Gasteiger partial charge in [-0.2, -0.15) is 15.1 Å². The van der Waals surface area contributed by atoms with E-state index in [0.717, 1.165) is 17.7 Å². The van der Waals surface area contributed by atoms with Gasteiger partial charge >= 0.3 is 0 Å². The SMILES string of the molecule is CC1(CNc2nc(NN)nc3[nH]ncc23)CC1. The van der Waals surface area contributed by atoms with Gasteiger partial charge in [-0.25, -0.2) is 5.84 Å². The molecule has 1 aliphatic carbocycles. The highest BCUT2D eigenvalue weighted by atomic mass is 15.3. The van der Waals surface area contributed by atoms with E-state index in [1.807, 2.05) is 0 Å². The Kier molecular flexibility index (Phi) is 2.15. The average molecular weight is 233 g/mol. The zero-order valence-corrected chi connectivity index (χ0v) is 9.62. The summed E-state index contributed by atoms with van der Waals surface area (Å²) in [6, 6.07) is 0. The summed E-state index contributed by atoms with van der Waals surface area (Å²) in [6.45, 7) is 3.17. The first-order valence-corrected chi connectivity index (χ1v) is 5.62. The lowest BCUT2D eigenvalue weighted by Gasteiger charge is -2.11. The van der Waals surface area contributed by atoms with E-state index in [2.05, 4.69) is 37.8 Å². The molecule has 1 fully saturated rings. The lowest BCUT2D eigenvalue weighted by atomic mass is 10.1. The number of hydrazine groups is 1. The first kappa shape index (κ1) is 10.3. The van der Waals surface area contributed by atoms with Crippen molar-refractivity contribution in [3.05, 3.63) is 6.20 Å². The van der Waals surface area contributed by atoms with Gasteiger partial charge in [0.25, 0.3) is 0 Å². The number of hydrogen-bond acceptors (Lipinski definition) is 6. The highest BCUT2D eigenvalue weighted by Crippen LogP contribution is 2.44. The molecule has 0 atom stereocenters. The minimum atomic E-state index is 0.380. The summed E-state index contributed by atoms with van der Waals surface area (Å²) in [5.74, 6) is 6.48. The Bertz CT molecular complexity index is 543. The van der Waals surface area contributed by atoms with Gasteiger partial charge < -0.3 is 5.32 Å². The number of anilines is 2. The molecule has 0 amide bonds. The molecule has 1 aliphatic rings. The molecular formula is C10H15N7. The molecule has 7 heteroatoms. The van der Waals surface area contributed by atoms with Crippen LogP contribution in [0.2, 0.25) is 0 Å². The van der Waals surface area contributed by atoms with E-state index in [9.17, 15) is 0 Å². The first-order valence-electron chi connectivity index (χ1n) is 5.62. The van der Waals surface area contributed by atoms with E-state index < -0.39 is 0 Å². The van der Waals surface area contributed by atoms with Gasteiger partial charge in [0.15, 0.2) is 5.65 Å². The van der Waals surface area contributed by atoms with E-state index in [1.54, 1.807) is 6.20 Å². The third-order valence-electron chi connectivity index (χ3n) is 3.23. The number of rotatable bonds is 4. The Balaban J connectivity index is 1.92. The van der Waals surface area contributed by atoms with Crippen LogP contribution in [-0.2, 0) is 0 Å². The summed E-state index contributed by atoms with van der Waals surface area (Å²) < 4.78 is 0. The number of aromatic nitrogens is 4. The van der Waals surface area contributed by atoms with Crippen LogP contribution in [0, 0.1) is 5.41 Å². The fourth-order valence-electron chi connectivity index (χ4n) is 1.72. The molecule has 0 aliphatic heterocycles. The second kappa shape index (κ2) is 3.56. The second-order valence-electron chi connectivity index (χ2n) is 4.84. The Labute approximate surface area is 98.2 Å². The number of hydrogen-bond donors (Lipinski definition) is 4. The van der Waals surface area contributed by atoms with Crippen LogP contribution in [0.5, 0.6) is 0 Å². The number of nitrogens with two attached hydrogens (primary N) is 1. The zero-order chi connectivity index (χ0) is 11.9. The predicted octanol–water partition coefficient (Wildman–Crippen LogP) is 0.850. The van der Waals surface area contributed by atoms with Gasteiger partial charge in [-0.1, -0.05) is 6.92 Å². The monoisotopic (exact) mass is 233 g/mol. The summed E-state index contributed by atoms with van der Waals surface area (Å²) in [5, 5.41) is 11.0. The van der Waals surface area contributed by atoms with Gasteiger partial charge in [0, 0.05) is 6.54 Å². The molecule has 0 bridgehead atoms. The third-order valence-corrected chi connectivity index (χ3v) is 3.23. The highest BCUT2D eigenvalue weighted by Gasteiger charge is 2.37. The van der Waals surface area contributed by atoms with Crippen molar-refractivity contribution in [2.45, 2.75) is 19.8 Å². The van der Waals surface area contributed by atoms with E-state index in [1.165, 1.54) is 12.8 Å². The largest absolute Gasteiger partial charge is 0.369 e. The van der Waals surface area contributed by atoms with Crippen molar-refractivity contribution < 1.29 is 0 Å². The van der Waals surface area contributed by atoms with E-state index in [4.69, 9.17) is 5.84 Å². The van der Waals surface area contributed by atoms with Crippen LogP contribution >= 0.6 is 0 Å². The van der Waals surface area contributed by atoms with Crippen LogP contribution < -0.4 is 16.6 Å². The summed E-state index contributed by atoms with van der Waals surface area (Å²) in [6.07, 6.45) is 4.25. The fourth-order valence-corrected chi connectivity index (χ4v) is 1.72. The lowest BCUT2D eigenvalue weighted by Crippen LogP contribution is -2.15. The van der Waals surface area contributed by atoms with Crippen molar-refractivity contribution in [2.24, 2.45) is 11.3 Å². The molecule has 2 aromatic heterocycles. The van der Waals surface area contributed by atoms with E-state index >= 15 is 0 Å². The van der Waals surface area contributed by atoms with Gasteiger partial charge in [-0.3, -0.25) is 10.5 Å². The first-order chi connectivity index (χ1) is 8.20. The van der Waals surface area contributed by atoms with Gasteiger partial charge in [0.2, 0.25) is 5.95 Å². The fraction of sp³-hybridized carbons (Fsp3) is 0.500. The molecule has 5 N–H and O–H groups in total. The maximum Gasteiger partial charge on any atom is 0.241 e. The number of fused-ring (bicyclic) bond motifs is 1. The Hall–Kier alpha value is -1.89. The van der Waals surface area contributed by atoms with Crippen molar-refractivity contribution >= 4 is 22.8 Å². The van der Waals surface area contributed by atoms with Gasteiger partial charge in [-0.15, -0.1) is 0 Å². The minimum absolute atomic E-state index is 0.380. The molecule has 2 heterocycles. The standard InChI is InChI=1S/C10H15N7/c1-10(2-3-10)5-12-7-6-4-13-17-8(6)15-9(14-7)16-11/h4H,2-3,5,11H2,1H3,(H3,12,13,14,15,16,17). The minimum Gasteiger partial charge on any atom is -0.369 e. The highest BCUT2D eigenvalue weighted by molar-refractivity contribution is 5.86. The van der Waals surface area contributed by atoms with Crippen molar-refractivity contribution in [2.75, 3.05) is 17.3 Å². The van der Waals surface area contributed by atoms with Crippen LogP contribution in [0.1, 0.15) is 19.8 Å². The molecule has 7 nitrogen and oxygen atoms in total. The lowest BCUT2D eigenvalue weighted by molar-refractivity contribution is 0.610. The summed E-state index contributed by atoms with van der Waals surface area (Å²) in [7, 11) is 0. The summed E-state index contributed by atoms with van der Waals surface area (Å²) >= 11 is 0. The quantitative estimate of drug-likeness (QED) is 0.461. The summed E-state index contributed by atoms with van der Waals surface area (Å²) in [5.41, 5.74) is 3.54. The maximum absolute atomic E-state index is 5.34. The van der Waals surface area contributed by atoms with E-state index in [-0.39, 0.29) is 0 Å². The van der Waals surface area contributed by atoms with Crippen LogP contribution in [0.4, 0.5) is 11.8 Å². The topological polar surface area (TPSA) is 105 Å². The van der Waals surface area contributed by atoms with Gasteiger partial charge in [0.1, 0.15) is 5.82 Å². The smallest absolute Gasteiger partial charge is 0.241 e. The molecule has 1 saturated carbocycles. The van der Waals surface area contributed by atoms with Crippen molar-refractivity contribution in [1.29, 1.82) is 0 Å². The van der Waals surface area contributed by atoms with Gasteiger partial charge in [0.05, 0.1) is 11.6 Å². The number of nitrogens with zero attached hydrogens (tertiary/aromatic N) is 3. The number of aromatic amines is 1. The van der Waals surface area contributed by atoms with Crippen LogP contribution in [0.25, 0.3) is 11.0 Å². The van der Waals surface area contributed by atoms with Crippen LogP contribution in [0.3, 0.4) is 0 Å². The normalized spacial score (nSPS) is 17.1. The average Bonchev–Trinajstić information content (AvgIpc) is 2.90. The van der Waals surface area contributed by atoms with Crippen molar-refractivity contribution in [3.8, 4) is 0 Å². The van der Waals surface area contributed by atoms with E-state index in [0.29, 0.717) is 17.0 Å². The summed E-state index contributed by atoms with van der Waals surface area (Å²) in [4.78, 5) is 8.47. The second-order valence-corrected chi connectivity index (χ2v) is 4.84. The van der Waals surface area contributed by atoms with Gasteiger partial charge in [-0.05, 0) is 18.3 Å².